The zero-order valence-corrected chi connectivity index (χ0v) is 17.2. The molecule has 5 nitrogen and oxygen atoms in total. The van der Waals surface area contributed by atoms with Crippen molar-refractivity contribution in [2.45, 2.75) is 25.2 Å². The highest BCUT2D eigenvalue weighted by molar-refractivity contribution is 7.92. The van der Waals surface area contributed by atoms with Crippen LogP contribution in [0.15, 0.2) is 58.8 Å². The van der Waals surface area contributed by atoms with Crippen LogP contribution in [0.3, 0.4) is 0 Å². The van der Waals surface area contributed by atoms with Crippen molar-refractivity contribution in [3.05, 3.63) is 75.5 Å². The molecule has 0 unspecified atom stereocenters. The predicted molar refractivity (Wildman–Crippen MR) is 113 cm³/mol. The number of rotatable bonds is 4. The molecule has 1 amide bonds. The van der Waals surface area contributed by atoms with E-state index < -0.39 is 10.0 Å². The van der Waals surface area contributed by atoms with E-state index >= 15 is 0 Å². The summed E-state index contributed by atoms with van der Waals surface area (Å²) in [7, 11) is -3.66. The summed E-state index contributed by atoms with van der Waals surface area (Å²) in [5.41, 5.74) is 4.28. The van der Waals surface area contributed by atoms with E-state index in [4.69, 9.17) is 0 Å². The van der Waals surface area contributed by atoms with Gasteiger partial charge in [-0.25, -0.2) is 8.42 Å². The molecular weight excluding hydrogens is 392 g/mol. The minimum atomic E-state index is -3.66. The first kappa shape index (κ1) is 18.7. The van der Waals surface area contributed by atoms with Crippen LogP contribution in [0.4, 0.5) is 11.4 Å². The number of fused-ring (bicyclic) bond motifs is 1. The normalized spacial score (nSPS) is 13.4. The van der Waals surface area contributed by atoms with Crippen LogP contribution in [0.1, 0.15) is 26.4 Å². The van der Waals surface area contributed by atoms with Crippen molar-refractivity contribution in [1.29, 1.82) is 0 Å². The Morgan fingerprint density at radius 3 is 2.61 bits per heavy atom. The van der Waals surface area contributed by atoms with E-state index in [0.717, 1.165) is 22.4 Å². The lowest BCUT2D eigenvalue weighted by Gasteiger charge is -2.17. The van der Waals surface area contributed by atoms with Gasteiger partial charge >= 0.3 is 0 Å². The molecule has 3 aromatic rings. The summed E-state index contributed by atoms with van der Waals surface area (Å²) >= 11 is 1.42. The fourth-order valence-electron chi connectivity index (χ4n) is 3.30. The van der Waals surface area contributed by atoms with Gasteiger partial charge in [-0.05, 0) is 78.7 Å². The second-order valence-electron chi connectivity index (χ2n) is 6.88. The summed E-state index contributed by atoms with van der Waals surface area (Å²) in [6, 6.07) is 14.1. The van der Waals surface area contributed by atoms with Crippen LogP contribution >= 0.6 is 11.3 Å². The second kappa shape index (κ2) is 7.07. The maximum atomic E-state index is 12.7. The molecule has 0 spiro atoms. The number of hydrogen-bond donors (Lipinski definition) is 1. The Hall–Kier alpha value is -2.64. The first-order valence-electron chi connectivity index (χ1n) is 8.93. The van der Waals surface area contributed by atoms with Crippen LogP contribution in [-0.4, -0.2) is 20.9 Å². The number of nitrogens with zero attached hydrogens (tertiary/aromatic N) is 1. The Kier molecular flexibility index (Phi) is 4.72. The molecule has 2 aromatic carbocycles. The van der Waals surface area contributed by atoms with E-state index in [1.54, 1.807) is 29.2 Å². The molecule has 0 atom stereocenters. The summed E-state index contributed by atoms with van der Waals surface area (Å²) in [5.74, 6) is -0.0165. The Bertz CT molecular complexity index is 1150. The summed E-state index contributed by atoms with van der Waals surface area (Å²) in [6.07, 6.45) is 0.700. The van der Waals surface area contributed by atoms with E-state index in [-0.39, 0.29) is 10.8 Å². The van der Waals surface area contributed by atoms with Crippen LogP contribution in [0.2, 0.25) is 0 Å². The predicted octanol–water partition coefficient (Wildman–Crippen LogP) is 4.37. The number of benzene rings is 2. The number of thiophene rings is 1. The summed E-state index contributed by atoms with van der Waals surface area (Å²) in [6.45, 7) is 4.44. The number of sulfonamides is 1. The quantitative estimate of drug-likeness (QED) is 0.692. The van der Waals surface area contributed by atoms with Gasteiger partial charge in [-0.3, -0.25) is 9.52 Å². The molecule has 0 radical (unpaired) electrons. The van der Waals surface area contributed by atoms with Crippen LogP contribution in [0.25, 0.3) is 0 Å². The molecule has 4 rings (SSSR count). The maximum Gasteiger partial charge on any atom is 0.268 e. The van der Waals surface area contributed by atoms with Crippen molar-refractivity contribution in [1.82, 2.24) is 0 Å². The van der Waals surface area contributed by atoms with Crippen molar-refractivity contribution >= 4 is 38.6 Å². The van der Waals surface area contributed by atoms with E-state index in [1.807, 2.05) is 43.5 Å². The lowest BCUT2D eigenvalue weighted by atomic mass is 10.1. The molecule has 1 aliphatic rings. The van der Waals surface area contributed by atoms with Gasteiger partial charge in [0.05, 0.1) is 9.77 Å². The number of carbonyl (C=O) groups excluding carboxylic acids is 1. The molecule has 2 heterocycles. The summed E-state index contributed by atoms with van der Waals surface area (Å²) < 4.78 is 28.1. The number of carbonyl (C=O) groups is 1. The van der Waals surface area contributed by atoms with Gasteiger partial charge in [0.15, 0.2) is 0 Å². The zero-order valence-electron chi connectivity index (χ0n) is 15.6. The van der Waals surface area contributed by atoms with E-state index in [9.17, 15) is 13.2 Å². The number of hydrogen-bond acceptors (Lipinski definition) is 4. The number of aryl methyl sites for hydroxylation is 2. The number of anilines is 2. The third kappa shape index (κ3) is 3.43. The monoisotopic (exact) mass is 412 g/mol. The average molecular weight is 413 g/mol. The van der Waals surface area contributed by atoms with Gasteiger partial charge in [0.1, 0.15) is 0 Å². The lowest BCUT2D eigenvalue weighted by molar-refractivity contribution is 0.0993. The molecule has 1 aromatic heterocycles. The number of amides is 1. The van der Waals surface area contributed by atoms with E-state index in [1.165, 1.54) is 11.3 Å². The molecule has 7 heteroatoms. The first-order chi connectivity index (χ1) is 13.3. The fourth-order valence-corrected chi connectivity index (χ4v) is 5.11. The minimum Gasteiger partial charge on any atom is -0.307 e. The second-order valence-corrected chi connectivity index (χ2v) is 9.51. The standard InChI is InChI=1S/C21H20N2O3S2/c1-14-5-7-18(12-15(14)2)28(25,26)22-17-6-8-19-16(13-17)9-10-23(19)21(24)20-4-3-11-27-20/h3-8,11-13,22H,9-10H2,1-2H3. The van der Waals surface area contributed by atoms with Gasteiger partial charge in [-0.15, -0.1) is 11.3 Å². The van der Waals surface area contributed by atoms with Crippen molar-refractivity contribution in [2.75, 3.05) is 16.2 Å². The van der Waals surface area contributed by atoms with Gasteiger partial charge in [0.2, 0.25) is 0 Å². The molecule has 1 aliphatic heterocycles. The van der Waals surface area contributed by atoms with Crippen molar-refractivity contribution < 1.29 is 13.2 Å². The van der Waals surface area contributed by atoms with Gasteiger partial charge in [0, 0.05) is 17.9 Å². The van der Waals surface area contributed by atoms with Gasteiger partial charge in [-0.2, -0.15) is 0 Å². The molecule has 0 fully saturated rings. The lowest BCUT2D eigenvalue weighted by Crippen LogP contribution is -2.28. The van der Waals surface area contributed by atoms with Gasteiger partial charge in [-0.1, -0.05) is 12.1 Å². The Morgan fingerprint density at radius 1 is 1.07 bits per heavy atom. The minimum absolute atomic E-state index is 0.0165. The summed E-state index contributed by atoms with van der Waals surface area (Å²) in [5, 5.41) is 1.88. The van der Waals surface area contributed by atoms with Crippen molar-refractivity contribution in [3.63, 3.8) is 0 Å². The molecule has 144 valence electrons. The van der Waals surface area contributed by atoms with Crippen molar-refractivity contribution in [2.24, 2.45) is 0 Å². The largest absolute Gasteiger partial charge is 0.307 e. The highest BCUT2D eigenvalue weighted by Gasteiger charge is 2.26. The van der Waals surface area contributed by atoms with Crippen LogP contribution in [0, 0.1) is 13.8 Å². The SMILES string of the molecule is Cc1ccc(S(=O)(=O)Nc2ccc3c(c2)CCN3C(=O)c2cccs2)cc1C. The zero-order chi connectivity index (χ0) is 19.9. The van der Waals surface area contributed by atoms with Gasteiger partial charge < -0.3 is 4.90 Å². The third-order valence-electron chi connectivity index (χ3n) is 4.99. The molecule has 28 heavy (non-hydrogen) atoms. The van der Waals surface area contributed by atoms with E-state index in [0.29, 0.717) is 23.5 Å². The summed E-state index contributed by atoms with van der Waals surface area (Å²) in [4.78, 5) is 15.3. The Morgan fingerprint density at radius 2 is 1.89 bits per heavy atom. The molecule has 0 saturated heterocycles. The molecule has 0 aliphatic carbocycles. The van der Waals surface area contributed by atoms with Gasteiger partial charge in [0.25, 0.3) is 15.9 Å². The fraction of sp³-hybridized carbons (Fsp3) is 0.190. The molecule has 0 bridgehead atoms. The number of nitrogens with one attached hydrogen (secondary N) is 1. The highest BCUT2D eigenvalue weighted by atomic mass is 32.2. The highest BCUT2D eigenvalue weighted by Crippen LogP contribution is 2.33. The molecule has 1 N–H and O–H groups in total. The first-order valence-corrected chi connectivity index (χ1v) is 11.3. The molecular formula is C21H20N2O3S2. The van der Waals surface area contributed by atoms with Crippen LogP contribution < -0.4 is 9.62 Å². The van der Waals surface area contributed by atoms with Crippen LogP contribution in [0.5, 0.6) is 0 Å². The third-order valence-corrected chi connectivity index (χ3v) is 7.23. The van der Waals surface area contributed by atoms with Crippen molar-refractivity contribution in [3.8, 4) is 0 Å². The topological polar surface area (TPSA) is 66.5 Å². The van der Waals surface area contributed by atoms with Crippen LogP contribution in [-0.2, 0) is 16.4 Å². The molecule has 0 saturated carbocycles. The van der Waals surface area contributed by atoms with E-state index in [2.05, 4.69) is 4.72 Å². The Labute approximate surface area is 168 Å². The average Bonchev–Trinajstić information content (AvgIpc) is 3.32. The smallest absolute Gasteiger partial charge is 0.268 e. The maximum absolute atomic E-state index is 12.7. The Balaban J connectivity index is 1.58.